The number of rotatable bonds is 0. The lowest BCUT2D eigenvalue weighted by Gasteiger charge is -2.10. The molecule has 1 aromatic carbocycles. The number of halogens is 1. The fourth-order valence-corrected chi connectivity index (χ4v) is 1.07. The first-order valence-corrected chi connectivity index (χ1v) is 3.47. The number of aromatic hydroxyl groups is 1. The van der Waals surface area contributed by atoms with Gasteiger partial charge in [0.2, 0.25) is 0 Å². The molecule has 0 saturated heterocycles. The van der Waals surface area contributed by atoms with Gasteiger partial charge < -0.3 is 14.6 Å². The molecule has 0 saturated carbocycles. The van der Waals surface area contributed by atoms with Gasteiger partial charge in [0.15, 0.2) is 11.5 Å². The van der Waals surface area contributed by atoms with E-state index in [2.05, 4.69) is 0 Å². The number of hydrogen-bond acceptors (Lipinski definition) is 3. The Morgan fingerprint density at radius 2 is 2.00 bits per heavy atom. The quantitative estimate of drug-likeness (QED) is 0.645. The molecule has 1 heterocycles. The second-order valence-electron chi connectivity index (χ2n) is 2.67. The van der Waals surface area contributed by atoms with Crippen molar-refractivity contribution in [3.05, 3.63) is 18.2 Å². The summed E-state index contributed by atoms with van der Waals surface area (Å²) in [6.45, 7) is 1.16. The van der Waals surface area contributed by atoms with E-state index in [9.17, 15) is 4.39 Å². The van der Waals surface area contributed by atoms with Crippen molar-refractivity contribution in [2.24, 2.45) is 0 Å². The van der Waals surface area contributed by atoms with E-state index >= 15 is 0 Å². The minimum absolute atomic E-state index is 0.0232. The molecule has 4 heteroatoms. The van der Waals surface area contributed by atoms with E-state index in [4.69, 9.17) is 14.6 Å². The fraction of sp³-hybridized carbons (Fsp3) is 0.250. The van der Waals surface area contributed by atoms with Crippen molar-refractivity contribution >= 4 is 0 Å². The summed E-state index contributed by atoms with van der Waals surface area (Å²) in [6.07, 6.45) is 0. The second-order valence-corrected chi connectivity index (χ2v) is 2.67. The molecule has 2 rings (SSSR count). The molecule has 1 N–H and O–H groups in total. The van der Waals surface area contributed by atoms with E-state index in [1.807, 2.05) is 0 Å². The van der Waals surface area contributed by atoms with Crippen LogP contribution in [-0.4, -0.2) is 11.1 Å². The summed E-state index contributed by atoms with van der Waals surface area (Å²) >= 11 is 0. The molecule has 0 spiro atoms. The first-order chi connectivity index (χ1) is 5.57. The molecule has 1 atom stereocenters. The van der Waals surface area contributed by atoms with Crippen LogP contribution in [0.5, 0.6) is 17.2 Å². The van der Waals surface area contributed by atoms with Crippen LogP contribution in [0.2, 0.25) is 0 Å². The average Bonchev–Trinajstić information content (AvgIpc) is 2.21. The van der Waals surface area contributed by atoms with Gasteiger partial charge >= 0.3 is 6.04 Å². The maximum atomic E-state index is 13.0. The van der Waals surface area contributed by atoms with Crippen LogP contribution >= 0.6 is 0 Å². The van der Waals surface area contributed by atoms with Crippen molar-refractivity contribution in [3.63, 3.8) is 0 Å². The van der Waals surface area contributed by atoms with Crippen molar-refractivity contribution in [1.29, 1.82) is 0 Å². The van der Waals surface area contributed by atoms with Crippen LogP contribution in [0.25, 0.3) is 0 Å². The van der Waals surface area contributed by atoms with Gasteiger partial charge in [-0.1, -0.05) is 0 Å². The highest BCUT2D eigenvalue weighted by Gasteiger charge is 2.36. The van der Waals surface area contributed by atoms with Gasteiger partial charge in [0.05, 0.1) is 0 Å². The molecule has 1 aromatic rings. The number of phenolic OH excluding ortho intramolecular Hbond substituents is 1. The first-order valence-electron chi connectivity index (χ1n) is 3.47. The highest BCUT2D eigenvalue weighted by atomic mass is 19.2. The van der Waals surface area contributed by atoms with Crippen molar-refractivity contribution < 1.29 is 19.0 Å². The van der Waals surface area contributed by atoms with Gasteiger partial charge in [-0.3, -0.25) is 0 Å². The summed E-state index contributed by atoms with van der Waals surface area (Å²) in [7, 11) is 0. The smallest absolute Gasteiger partial charge is 0.404 e. The van der Waals surface area contributed by atoms with Crippen LogP contribution in [-0.2, 0) is 0 Å². The van der Waals surface area contributed by atoms with Crippen LogP contribution < -0.4 is 9.47 Å². The van der Waals surface area contributed by atoms with Gasteiger partial charge in [-0.15, -0.1) is 0 Å². The van der Waals surface area contributed by atoms with Gasteiger partial charge in [0, 0.05) is 13.0 Å². The van der Waals surface area contributed by atoms with E-state index in [0.717, 1.165) is 6.92 Å². The van der Waals surface area contributed by atoms with Gasteiger partial charge in [0.25, 0.3) is 0 Å². The number of benzene rings is 1. The molecule has 64 valence electrons. The van der Waals surface area contributed by atoms with E-state index in [1.54, 1.807) is 0 Å². The molecule has 1 unspecified atom stereocenters. The number of alkyl halides is 1. The average molecular weight is 170 g/mol. The van der Waals surface area contributed by atoms with E-state index < -0.39 is 6.04 Å². The predicted octanol–water partition coefficient (Wildman–Crippen LogP) is 1.81. The zero-order valence-electron chi connectivity index (χ0n) is 6.37. The van der Waals surface area contributed by atoms with Gasteiger partial charge in [-0.2, -0.15) is 4.39 Å². The largest absolute Gasteiger partial charge is 0.508 e. The molecule has 0 aromatic heterocycles. The van der Waals surface area contributed by atoms with Crippen LogP contribution in [0.1, 0.15) is 6.92 Å². The Morgan fingerprint density at radius 1 is 1.33 bits per heavy atom. The molecule has 0 amide bonds. The predicted molar refractivity (Wildman–Crippen MR) is 38.9 cm³/mol. The number of phenols is 1. The zero-order valence-corrected chi connectivity index (χ0v) is 6.37. The van der Waals surface area contributed by atoms with Crippen molar-refractivity contribution in [2.75, 3.05) is 0 Å². The van der Waals surface area contributed by atoms with Gasteiger partial charge in [-0.25, -0.2) is 0 Å². The molecule has 0 fully saturated rings. The Labute approximate surface area is 68.3 Å². The highest BCUT2D eigenvalue weighted by Crippen LogP contribution is 2.41. The Bertz CT molecular complexity index is 322. The summed E-state index contributed by atoms with van der Waals surface area (Å²) in [5.41, 5.74) is 0. The van der Waals surface area contributed by atoms with Crippen LogP contribution in [0.15, 0.2) is 18.2 Å². The second kappa shape index (κ2) is 2.03. The van der Waals surface area contributed by atoms with Crippen LogP contribution in [0.3, 0.4) is 0 Å². The van der Waals surface area contributed by atoms with Crippen molar-refractivity contribution in [2.45, 2.75) is 13.0 Å². The molecule has 0 radical (unpaired) electrons. The Kier molecular flexibility index (Phi) is 1.22. The molecule has 3 nitrogen and oxygen atoms in total. The first kappa shape index (κ1) is 7.21. The summed E-state index contributed by atoms with van der Waals surface area (Å²) in [4.78, 5) is 0. The zero-order chi connectivity index (χ0) is 8.77. The van der Waals surface area contributed by atoms with E-state index in [0.29, 0.717) is 5.75 Å². The molecular weight excluding hydrogens is 163 g/mol. The monoisotopic (exact) mass is 170 g/mol. The van der Waals surface area contributed by atoms with Gasteiger partial charge in [0.1, 0.15) is 5.75 Å². The van der Waals surface area contributed by atoms with Crippen molar-refractivity contribution in [3.8, 4) is 17.2 Å². The van der Waals surface area contributed by atoms with Crippen LogP contribution in [0.4, 0.5) is 4.39 Å². The molecule has 1 aliphatic rings. The van der Waals surface area contributed by atoms with E-state index in [1.165, 1.54) is 18.2 Å². The number of hydrogen-bond donors (Lipinski definition) is 1. The van der Waals surface area contributed by atoms with Gasteiger partial charge in [-0.05, 0) is 12.1 Å². The summed E-state index contributed by atoms with van der Waals surface area (Å²) in [6, 6.07) is 2.05. The standard InChI is InChI=1S/C8H7FO3/c1-8(9)11-6-3-2-5(10)4-7(6)12-8/h2-4,10H,1H3. The van der Waals surface area contributed by atoms with Crippen LogP contribution in [0, 0.1) is 0 Å². The maximum absolute atomic E-state index is 13.0. The topological polar surface area (TPSA) is 38.7 Å². The fourth-order valence-electron chi connectivity index (χ4n) is 1.07. The lowest BCUT2D eigenvalue weighted by molar-refractivity contribution is -0.173. The lowest BCUT2D eigenvalue weighted by atomic mass is 10.3. The minimum Gasteiger partial charge on any atom is -0.508 e. The third kappa shape index (κ3) is 1.05. The maximum Gasteiger partial charge on any atom is 0.404 e. The highest BCUT2D eigenvalue weighted by molar-refractivity contribution is 5.47. The number of ether oxygens (including phenoxy) is 2. The third-order valence-electron chi connectivity index (χ3n) is 1.51. The molecular formula is C8H7FO3. The third-order valence-corrected chi connectivity index (χ3v) is 1.51. The molecule has 0 aliphatic carbocycles. The Balaban J connectivity index is 2.43. The minimum atomic E-state index is -2.11. The van der Waals surface area contributed by atoms with Crippen molar-refractivity contribution in [1.82, 2.24) is 0 Å². The molecule has 0 bridgehead atoms. The Morgan fingerprint density at radius 3 is 2.75 bits per heavy atom. The Hall–Kier alpha value is -1.45. The summed E-state index contributed by atoms with van der Waals surface area (Å²) in [5.74, 6) is 0.549. The van der Waals surface area contributed by atoms with E-state index in [-0.39, 0.29) is 11.5 Å². The summed E-state index contributed by atoms with van der Waals surface area (Å²) in [5, 5.41) is 9.01. The molecule has 12 heavy (non-hydrogen) atoms. The summed E-state index contributed by atoms with van der Waals surface area (Å²) < 4.78 is 22.5. The normalized spacial score (nSPS) is 25.8. The SMILES string of the molecule is CC1(F)Oc2ccc(O)cc2O1. The number of fused-ring (bicyclic) bond motifs is 1. The lowest BCUT2D eigenvalue weighted by Crippen LogP contribution is -2.27. The molecule has 1 aliphatic heterocycles.